The van der Waals surface area contributed by atoms with E-state index in [1.54, 1.807) is 26.0 Å². The summed E-state index contributed by atoms with van der Waals surface area (Å²) in [6, 6.07) is 17.9. The number of rotatable bonds is 6. The van der Waals surface area contributed by atoms with Crippen molar-refractivity contribution < 1.29 is 34.0 Å². The molecule has 0 spiro atoms. The summed E-state index contributed by atoms with van der Waals surface area (Å²) >= 11 is 0. The molecular weight excluding hydrogens is 514 g/mol. The first-order chi connectivity index (χ1) is 19.3. The van der Waals surface area contributed by atoms with Crippen molar-refractivity contribution in [2.75, 3.05) is 37.7 Å². The van der Waals surface area contributed by atoms with Crippen LogP contribution in [0.2, 0.25) is 0 Å². The maximum Gasteiger partial charge on any atom is 0.262 e. The molecular formula is C30H33N3O7. The van der Waals surface area contributed by atoms with Crippen molar-refractivity contribution >= 4 is 27.9 Å². The molecule has 2 aliphatic heterocycles. The number of carbonyl (C=O) groups is 1. The minimum Gasteiger partial charge on any atom is -0.456 e. The van der Waals surface area contributed by atoms with Gasteiger partial charge >= 0.3 is 0 Å². The molecule has 0 bridgehead atoms. The molecule has 10 heteroatoms. The van der Waals surface area contributed by atoms with Gasteiger partial charge in [-0.05, 0) is 55.0 Å². The zero-order valence-corrected chi connectivity index (χ0v) is 22.4. The first kappa shape index (κ1) is 27.8. The van der Waals surface area contributed by atoms with Gasteiger partial charge in [0.05, 0.1) is 19.3 Å². The molecule has 4 N–H and O–H groups in total. The number of hydrogen-bond donors (Lipinski definition) is 4. The average molecular weight is 548 g/mol. The third-order valence-corrected chi connectivity index (χ3v) is 7.59. The van der Waals surface area contributed by atoms with Gasteiger partial charge in [0.2, 0.25) is 0 Å². The molecule has 1 aromatic heterocycles. The van der Waals surface area contributed by atoms with Crippen molar-refractivity contribution in [2.45, 2.75) is 44.4 Å². The Morgan fingerprint density at radius 3 is 2.50 bits per heavy atom. The topological polar surface area (TPSA) is 148 Å². The number of allylic oxidation sites excluding steroid dienone is 1. The maximum atomic E-state index is 12.8. The normalized spacial score (nSPS) is 25.8. The summed E-state index contributed by atoms with van der Waals surface area (Å²) in [5, 5.41) is 44.5. The molecule has 0 aliphatic carbocycles. The minimum absolute atomic E-state index is 0.144. The summed E-state index contributed by atoms with van der Waals surface area (Å²) in [6.07, 6.45) is -5.69. The van der Waals surface area contributed by atoms with Gasteiger partial charge in [0.25, 0.3) is 5.91 Å². The number of ether oxygens (including phenoxy) is 2. The van der Waals surface area contributed by atoms with Crippen LogP contribution in [0.15, 0.2) is 58.5 Å². The number of amides is 1. The molecule has 3 heterocycles. The third kappa shape index (κ3) is 5.61. The highest BCUT2D eigenvalue weighted by Crippen LogP contribution is 2.31. The summed E-state index contributed by atoms with van der Waals surface area (Å²) in [5.41, 5.74) is 2.25. The van der Waals surface area contributed by atoms with Crippen LogP contribution < -0.4 is 10.2 Å². The van der Waals surface area contributed by atoms with E-state index in [-0.39, 0.29) is 12.1 Å². The first-order valence-corrected chi connectivity index (χ1v) is 13.3. The minimum atomic E-state index is -1.40. The van der Waals surface area contributed by atoms with Crippen LogP contribution in [0.4, 0.5) is 5.69 Å². The molecule has 0 radical (unpaired) electrons. The summed E-state index contributed by atoms with van der Waals surface area (Å²) in [5.74, 6) is 0.320. The molecule has 2 fully saturated rings. The van der Waals surface area contributed by atoms with E-state index in [2.05, 4.69) is 28.4 Å². The first-order valence-electron chi connectivity index (χ1n) is 13.3. The molecule has 5 unspecified atom stereocenters. The molecule has 2 aromatic carbocycles. The molecule has 2 aliphatic rings. The number of nitrogens with zero attached hydrogens (tertiary/aromatic N) is 2. The molecule has 3 aromatic rings. The van der Waals surface area contributed by atoms with E-state index in [4.69, 9.17) is 13.9 Å². The number of nitriles is 1. The van der Waals surface area contributed by atoms with Crippen molar-refractivity contribution in [3.05, 3.63) is 59.9 Å². The lowest BCUT2D eigenvalue weighted by atomic mass is 9.95. The van der Waals surface area contributed by atoms with Gasteiger partial charge in [-0.15, -0.1) is 0 Å². The molecule has 210 valence electrons. The number of aliphatic hydroxyl groups is 3. The van der Waals surface area contributed by atoms with E-state index in [0.29, 0.717) is 17.1 Å². The molecule has 40 heavy (non-hydrogen) atoms. The number of morpholine rings is 1. The monoisotopic (exact) mass is 547 g/mol. The molecule has 2 saturated heterocycles. The Morgan fingerprint density at radius 2 is 1.75 bits per heavy atom. The van der Waals surface area contributed by atoms with Crippen molar-refractivity contribution in [3.8, 4) is 17.4 Å². The van der Waals surface area contributed by atoms with Crippen LogP contribution in [0.5, 0.6) is 0 Å². The lowest BCUT2D eigenvalue weighted by Crippen LogP contribution is -2.59. The number of anilines is 1. The second kappa shape index (κ2) is 11.8. The van der Waals surface area contributed by atoms with Crippen LogP contribution in [0.1, 0.15) is 19.6 Å². The van der Waals surface area contributed by atoms with E-state index in [1.165, 1.54) is 5.69 Å². The third-order valence-electron chi connectivity index (χ3n) is 7.59. The highest BCUT2D eigenvalue weighted by Gasteiger charge is 2.41. The van der Waals surface area contributed by atoms with Crippen LogP contribution in [0, 0.1) is 11.3 Å². The van der Waals surface area contributed by atoms with Gasteiger partial charge < -0.3 is 39.4 Å². The van der Waals surface area contributed by atoms with E-state index in [9.17, 15) is 25.4 Å². The van der Waals surface area contributed by atoms with Crippen molar-refractivity contribution in [1.29, 1.82) is 5.26 Å². The number of hydrogen-bond acceptors (Lipinski definition) is 9. The standard InChI is InChI=1S/C30H33N3O7/c1-17(23(15-31)30(37)32-16-26-28(35)29(36)27(34)18(2)39-26)24-7-8-25(40-24)21-4-3-20-14-22(6-5-19(20)13-21)33-9-11-38-12-10-33/h3-8,13-14,18,26-29,34-36H,9-12,16H2,1-2H3,(H,32,37). The second-order valence-corrected chi connectivity index (χ2v) is 10.2. The van der Waals surface area contributed by atoms with E-state index in [0.717, 1.165) is 42.6 Å². The smallest absolute Gasteiger partial charge is 0.262 e. The predicted molar refractivity (Wildman–Crippen MR) is 148 cm³/mol. The van der Waals surface area contributed by atoms with Gasteiger partial charge in [0, 0.05) is 36.5 Å². The Balaban J connectivity index is 1.30. The molecule has 0 saturated carbocycles. The van der Waals surface area contributed by atoms with Crippen LogP contribution >= 0.6 is 0 Å². The molecule has 1 amide bonds. The summed E-state index contributed by atoms with van der Waals surface area (Å²) in [4.78, 5) is 15.2. The van der Waals surface area contributed by atoms with Crippen LogP contribution in [-0.2, 0) is 14.3 Å². The van der Waals surface area contributed by atoms with Crippen molar-refractivity contribution in [1.82, 2.24) is 5.32 Å². The fourth-order valence-corrected chi connectivity index (χ4v) is 5.11. The quantitative estimate of drug-likeness (QED) is 0.269. The SMILES string of the molecule is CC(=C(C#N)C(=O)NCC1OC(C)C(O)C(O)C1O)c1ccc(-c2ccc3cc(N4CCOCC4)ccc3c2)o1. The van der Waals surface area contributed by atoms with Crippen LogP contribution in [0.25, 0.3) is 27.7 Å². The van der Waals surface area contributed by atoms with E-state index < -0.39 is 36.4 Å². The Kier molecular flexibility index (Phi) is 8.21. The predicted octanol–water partition coefficient (Wildman–Crippen LogP) is 2.22. The number of fused-ring (bicyclic) bond motifs is 1. The maximum absolute atomic E-state index is 12.8. The number of furan rings is 1. The van der Waals surface area contributed by atoms with Gasteiger partial charge in [-0.2, -0.15) is 5.26 Å². The Hall–Kier alpha value is -3.72. The zero-order valence-electron chi connectivity index (χ0n) is 22.4. The van der Waals surface area contributed by atoms with Gasteiger partial charge in [-0.25, -0.2) is 0 Å². The van der Waals surface area contributed by atoms with Crippen molar-refractivity contribution in [3.63, 3.8) is 0 Å². The Bertz CT molecular complexity index is 1450. The molecule has 5 rings (SSSR count). The van der Waals surface area contributed by atoms with Crippen LogP contribution in [-0.4, -0.2) is 84.6 Å². The van der Waals surface area contributed by atoms with Gasteiger partial charge in [-0.1, -0.05) is 18.2 Å². The molecule has 10 nitrogen and oxygen atoms in total. The summed E-state index contributed by atoms with van der Waals surface area (Å²) in [6.45, 7) is 6.24. The van der Waals surface area contributed by atoms with E-state index in [1.807, 2.05) is 24.3 Å². The zero-order chi connectivity index (χ0) is 28.4. The highest BCUT2D eigenvalue weighted by molar-refractivity contribution is 6.04. The van der Waals surface area contributed by atoms with Gasteiger partial charge in [0.15, 0.2) is 0 Å². The Morgan fingerprint density at radius 1 is 1.02 bits per heavy atom. The van der Waals surface area contributed by atoms with Gasteiger partial charge in [-0.3, -0.25) is 4.79 Å². The van der Waals surface area contributed by atoms with Gasteiger partial charge in [0.1, 0.15) is 47.6 Å². The second-order valence-electron chi connectivity index (χ2n) is 10.2. The lowest BCUT2D eigenvalue weighted by Gasteiger charge is -2.39. The lowest BCUT2D eigenvalue weighted by molar-refractivity contribution is -0.215. The fourth-order valence-electron chi connectivity index (χ4n) is 5.11. The average Bonchev–Trinajstić information content (AvgIpc) is 3.48. The largest absolute Gasteiger partial charge is 0.456 e. The summed E-state index contributed by atoms with van der Waals surface area (Å²) < 4.78 is 17.0. The Labute approximate surface area is 232 Å². The number of benzene rings is 2. The number of aliphatic hydroxyl groups excluding tert-OH is 3. The number of carbonyl (C=O) groups excluding carboxylic acids is 1. The van der Waals surface area contributed by atoms with E-state index >= 15 is 0 Å². The fraction of sp³-hybridized carbons (Fsp3) is 0.400. The summed E-state index contributed by atoms with van der Waals surface area (Å²) in [7, 11) is 0. The highest BCUT2D eigenvalue weighted by atomic mass is 16.5. The van der Waals surface area contributed by atoms with Crippen LogP contribution in [0.3, 0.4) is 0 Å². The number of nitrogens with one attached hydrogen (secondary N) is 1. The van der Waals surface area contributed by atoms with Crippen molar-refractivity contribution in [2.24, 2.45) is 0 Å². The molecule has 5 atom stereocenters.